The molecular formula is C26H48N2O3. The topological polar surface area (TPSA) is 67.4 Å². The van der Waals surface area contributed by atoms with Crippen molar-refractivity contribution in [2.75, 3.05) is 26.7 Å². The molecule has 0 spiro atoms. The molecule has 5 nitrogen and oxygen atoms in total. The zero-order valence-corrected chi connectivity index (χ0v) is 20.4. The van der Waals surface area contributed by atoms with Gasteiger partial charge in [-0.2, -0.15) is 0 Å². The molecule has 1 atom stereocenters. The van der Waals surface area contributed by atoms with Crippen molar-refractivity contribution in [3.8, 4) is 0 Å². The van der Waals surface area contributed by atoms with E-state index in [1.807, 2.05) is 7.05 Å². The van der Waals surface area contributed by atoms with Gasteiger partial charge in [-0.25, -0.2) is 4.79 Å². The van der Waals surface area contributed by atoms with E-state index in [1.54, 1.807) is 0 Å². The van der Waals surface area contributed by atoms with E-state index in [1.165, 1.54) is 25.7 Å². The Morgan fingerprint density at radius 3 is 2.19 bits per heavy atom. The van der Waals surface area contributed by atoms with Crippen LogP contribution >= 0.6 is 0 Å². The number of amides is 1. The van der Waals surface area contributed by atoms with Gasteiger partial charge in [0, 0.05) is 19.0 Å². The van der Waals surface area contributed by atoms with Crippen molar-refractivity contribution in [2.45, 2.75) is 97.3 Å². The van der Waals surface area contributed by atoms with Gasteiger partial charge in [-0.05, 0) is 45.6 Å². The van der Waals surface area contributed by atoms with Gasteiger partial charge in [0.2, 0.25) is 0 Å². The van der Waals surface area contributed by atoms with Crippen LogP contribution in [0, 0.1) is 5.92 Å². The number of rotatable bonds is 21. The fraction of sp³-hybridized carbons (Fsp3) is 0.769. The number of ether oxygens (including phenoxy) is 1. The molecule has 0 saturated heterocycles. The first-order valence-corrected chi connectivity index (χ1v) is 12.5. The Kier molecular flexibility index (Phi) is 21.8. The fourth-order valence-electron chi connectivity index (χ4n) is 3.44. The Morgan fingerprint density at radius 1 is 0.839 bits per heavy atom. The Bertz CT molecular complexity index is 489. The van der Waals surface area contributed by atoms with E-state index in [9.17, 15) is 9.59 Å². The van der Waals surface area contributed by atoms with Gasteiger partial charge in [0.1, 0.15) is 0 Å². The lowest BCUT2D eigenvalue weighted by atomic mass is 9.91. The molecule has 0 aromatic heterocycles. The van der Waals surface area contributed by atoms with Gasteiger partial charge >= 0.3 is 6.09 Å². The minimum atomic E-state index is -0.508. The molecule has 0 saturated carbocycles. The average Bonchev–Trinajstić information content (AvgIpc) is 2.77. The fourth-order valence-corrected chi connectivity index (χ4v) is 3.44. The van der Waals surface area contributed by atoms with Crippen molar-refractivity contribution in [3.63, 3.8) is 0 Å². The summed E-state index contributed by atoms with van der Waals surface area (Å²) in [7, 11) is 1.82. The molecule has 0 aromatic rings. The maximum absolute atomic E-state index is 12.7. The second-order valence-electron chi connectivity index (χ2n) is 8.20. The normalized spacial score (nSPS) is 12.5. The summed E-state index contributed by atoms with van der Waals surface area (Å²) in [6.45, 7) is 5.42. The molecule has 5 heteroatoms. The maximum atomic E-state index is 12.7. The number of ketones is 1. The van der Waals surface area contributed by atoms with Crippen LogP contribution < -0.4 is 10.6 Å². The molecule has 1 unspecified atom stereocenters. The van der Waals surface area contributed by atoms with E-state index in [4.69, 9.17) is 4.74 Å². The third kappa shape index (κ3) is 20.1. The van der Waals surface area contributed by atoms with Gasteiger partial charge in [0.05, 0.1) is 0 Å². The zero-order chi connectivity index (χ0) is 23.0. The highest BCUT2D eigenvalue weighted by Gasteiger charge is 2.19. The van der Waals surface area contributed by atoms with Crippen molar-refractivity contribution in [3.05, 3.63) is 24.3 Å². The van der Waals surface area contributed by atoms with E-state index >= 15 is 0 Å². The molecule has 2 N–H and O–H groups in total. The highest BCUT2D eigenvalue weighted by molar-refractivity contribution is 5.84. The first kappa shape index (κ1) is 29.4. The molecule has 0 bridgehead atoms. The van der Waals surface area contributed by atoms with Gasteiger partial charge in [0.25, 0.3) is 0 Å². The zero-order valence-electron chi connectivity index (χ0n) is 20.4. The second-order valence-corrected chi connectivity index (χ2v) is 8.20. The minimum Gasteiger partial charge on any atom is -0.442 e. The first-order chi connectivity index (χ1) is 15.2. The Morgan fingerprint density at radius 2 is 1.52 bits per heavy atom. The number of likely N-dealkylation sites (N-methyl/N-ethyl adjacent to an activating group) is 1. The van der Waals surface area contributed by atoms with Gasteiger partial charge in [-0.1, -0.05) is 83.1 Å². The van der Waals surface area contributed by atoms with Crippen LogP contribution in [-0.2, 0) is 9.53 Å². The quantitative estimate of drug-likeness (QED) is 0.163. The monoisotopic (exact) mass is 436 g/mol. The van der Waals surface area contributed by atoms with Crippen LogP contribution in [0.3, 0.4) is 0 Å². The summed E-state index contributed by atoms with van der Waals surface area (Å²) in [5.74, 6) is 0.0864. The van der Waals surface area contributed by atoms with Crippen molar-refractivity contribution >= 4 is 11.9 Å². The summed E-state index contributed by atoms with van der Waals surface area (Å²) in [6.07, 6.45) is 22.8. The standard InChI is InChI=1S/C26H48N2O3/c1-4-6-8-10-11-12-13-14-16-18-20-24(19-17-15-9-7-5-2)25(29)23-31-26(30)28-22-21-27-3/h6,8,11-12,24,27H,4-5,7,9-10,13-23H2,1-3H3,(H,28,30). The number of allylic oxidation sites excluding steroid dienone is 4. The number of alkyl carbamates (subject to hydrolysis) is 1. The number of hydrogen-bond donors (Lipinski definition) is 2. The lowest BCUT2D eigenvalue weighted by molar-refractivity contribution is -0.126. The third-order valence-electron chi connectivity index (χ3n) is 5.37. The molecular weight excluding hydrogens is 388 g/mol. The highest BCUT2D eigenvalue weighted by atomic mass is 16.5. The van der Waals surface area contributed by atoms with Gasteiger partial charge in [-0.3, -0.25) is 4.79 Å². The first-order valence-electron chi connectivity index (χ1n) is 12.5. The predicted molar refractivity (Wildman–Crippen MR) is 131 cm³/mol. The number of carbonyl (C=O) groups is 2. The van der Waals surface area contributed by atoms with Crippen molar-refractivity contribution < 1.29 is 14.3 Å². The number of Topliss-reactive ketones (excluding diaryl/α,β-unsaturated/α-hetero) is 1. The minimum absolute atomic E-state index is 0.0152. The van der Waals surface area contributed by atoms with Crippen LogP contribution in [0.5, 0.6) is 0 Å². The molecule has 0 aliphatic rings. The predicted octanol–water partition coefficient (Wildman–Crippen LogP) is 6.34. The van der Waals surface area contributed by atoms with Crippen molar-refractivity contribution in [1.82, 2.24) is 10.6 Å². The van der Waals surface area contributed by atoms with Crippen LogP contribution in [0.2, 0.25) is 0 Å². The molecule has 0 rings (SSSR count). The van der Waals surface area contributed by atoms with E-state index in [0.717, 1.165) is 57.8 Å². The summed E-state index contributed by atoms with van der Waals surface area (Å²) >= 11 is 0. The largest absolute Gasteiger partial charge is 0.442 e. The highest BCUT2D eigenvalue weighted by Crippen LogP contribution is 2.20. The number of hydrogen-bond acceptors (Lipinski definition) is 4. The SMILES string of the molecule is CCC=CCC=CCCCCCC(CCCCCCC)C(=O)COC(=O)NCCNC. The molecule has 0 fully saturated rings. The van der Waals surface area contributed by atoms with E-state index in [2.05, 4.69) is 48.8 Å². The van der Waals surface area contributed by atoms with Crippen LogP contribution in [-0.4, -0.2) is 38.6 Å². The molecule has 0 radical (unpaired) electrons. The summed E-state index contributed by atoms with van der Waals surface area (Å²) in [4.78, 5) is 24.4. The van der Waals surface area contributed by atoms with E-state index in [-0.39, 0.29) is 18.3 Å². The summed E-state index contributed by atoms with van der Waals surface area (Å²) in [5.41, 5.74) is 0. The Labute approximate surface area is 191 Å². The summed E-state index contributed by atoms with van der Waals surface area (Å²) < 4.78 is 5.13. The third-order valence-corrected chi connectivity index (χ3v) is 5.37. The summed E-state index contributed by atoms with van der Waals surface area (Å²) in [6, 6.07) is 0. The lowest BCUT2D eigenvalue weighted by Crippen LogP contribution is -2.33. The van der Waals surface area contributed by atoms with Crippen LogP contribution in [0.4, 0.5) is 4.79 Å². The van der Waals surface area contributed by atoms with Crippen molar-refractivity contribution in [2.24, 2.45) is 5.92 Å². The van der Waals surface area contributed by atoms with Gasteiger partial charge in [0.15, 0.2) is 12.4 Å². The second kappa shape index (κ2) is 23.1. The molecule has 0 aliphatic carbocycles. The number of unbranched alkanes of at least 4 members (excludes halogenated alkanes) is 7. The summed E-state index contributed by atoms with van der Waals surface area (Å²) in [5, 5.41) is 5.60. The van der Waals surface area contributed by atoms with Crippen LogP contribution in [0.1, 0.15) is 97.3 Å². The molecule has 180 valence electrons. The Hall–Kier alpha value is -1.62. The molecule has 31 heavy (non-hydrogen) atoms. The Balaban J connectivity index is 4.22. The lowest BCUT2D eigenvalue weighted by Gasteiger charge is -2.16. The van der Waals surface area contributed by atoms with Crippen molar-refractivity contribution in [1.29, 1.82) is 0 Å². The van der Waals surface area contributed by atoms with Crippen LogP contribution in [0.25, 0.3) is 0 Å². The molecule has 0 aromatic carbocycles. The smallest absolute Gasteiger partial charge is 0.407 e. The van der Waals surface area contributed by atoms with E-state index < -0.39 is 6.09 Å². The molecule has 0 heterocycles. The molecule has 0 aliphatic heterocycles. The maximum Gasteiger partial charge on any atom is 0.407 e. The van der Waals surface area contributed by atoms with E-state index in [0.29, 0.717) is 13.1 Å². The number of carbonyl (C=O) groups excluding carboxylic acids is 2. The van der Waals surface area contributed by atoms with Crippen LogP contribution in [0.15, 0.2) is 24.3 Å². The number of nitrogens with one attached hydrogen (secondary N) is 2. The van der Waals surface area contributed by atoms with Gasteiger partial charge < -0.3 is 15.4 Å². The van der Waals surface area contributed by atoms with Gasteiger partial charge in [-0.15, -0.1) is 0 Å². The molecule has 1 amide bonds. The average molecular weight is 437 g/mol.